The molecule has 4 rings (SSSR count). The summed E-state index contributed by atoms with van der Waals surface area (Å²) in [6.07, 6.45) is 1.22. The van der Waals surface area contributed by atoms with Crippen molar-refractivity contribution >= 4 is 29.4 Å². The number of nitrogens with zero attached hydrogens (tertiary/aromatic N) is 2. The highest BCUT2D eigenvalue weighted by Gasteiger charge is 2.37. The Morgan fingerprint density at radius 3 is 2.12 bits per heavy atom. The van der Waals surface area contributed by atoms with E-state index in [4.69, 9.17) is 4.42 Å². The van der Waals surface area contributed by atoms with Crippen molar-refractivity contribution in [2.75, 3.05) is 12.1 Å². The molecule has 11 heteroatoms. The number of carbonyl (C=O) groups is 2. The topological polar surface area (TPSA) is 72.1 Å². The lowest BCUT2D eigenvalue weighted by Gasteiger charge is -2.14. The Morgan fingerprint density at radius 2 is 1.53 bits per heavy atom. The molecule has 0 radical (unpaired) electrons. The highest BCUT2D eigenvalue weighted by molar-refractivity contribution is 6.32. The van der Waals surface area contributed by atoms with Crippen molar-refractivity contribution in [3.8, 4) is 11.3 Å². The predicted octanol–water partition coefficient (Wildman–Crippen LogP) is 5.23. The van der Waals surface area contributed by atoms with E-state index < -0.39 is 46.6 Å². The lowest BCUT2D eigenvalue weighted by Crippen LogP contribution is -2.25. The number of benzene rings is 2. The van der Waals surface area contributed by atoms with Crippen molar-refractivity contribution < 1.29 is 40.7 Å². The molecule has 1 amide bonds. The highest BCUT2D eigenvalue weighted by Crippen LogP contribution is 2.34. The maximum Gasteiger partial charge on any atom is 0.337 e. The van der Waals surface area contributed by atoms with Crippen LogP contribution in [0.5, 0.6) is 0 Å². The molecule has 1 aliphatic rings. The third-order valence-corrected chi connectivity index (χ3v) is 4.96. The molecule has 2 heterocycles. The highest BCUT2D eigenvalue weighted by atomic mass is 19.2. The fraction of sp³-hybridized carbons (Fsp3) is 0.0870. The van der Waals surface area contributed by atoms with Crippen LogP contribution in [-0.2, 0) is 9.53 Å². The van der Waals surface area contributed by atoms with Gasteiger partial charge in [0.15, 0.2) is 23.3 Å². The summed E-state index contributed by atoms with van der Waals surface area (Å²) in [5, 5.41) is 3.78. The second kappa shape index (κ2) is 8.58. The van der Waals surface area contributed by atoms with Crippen LogP contribution in [-0.4, -0.2) is 24.7 Å². The zero-order valence-electron chi connectivity index (χ0n) is 17.5. The van der Waals surface area contributed by atoms with Gasteiger partial charge in [-0.1, -0.05) is 12.1 Å². The number of amides is 1. The van der Waals surface area contributed by atoms with Crippen LogP contribution < -0.4 is 5.01 Å². The maximum atomic E-state index is 14.1. The lowest BCUT2D eigenvalue weighted by atomic mass is 10.1. The zero-order valence-corrected chi connectivity index (χ0v) is 17.5. The summed E-state index contributed by atoms with van der Waals surface area (Å²) in [7, 11) is 1.26. The van der Waals surface area contributed by atoms with Crippen molar-refractivity contribution in [1.82, 2.24) is 0 Å². The molecule has 0 saturated heterocycles. The van der Waals surface area contributed by atoms with Gasteiger partial charge in [-0.2, -0.15) is 10.1 Å². The summed E-state index contributed by atoms with van der Waals surface area (Å²) >= 11 is 0. The van der Waals surface area contributed by atoms with Gasteiger partial charge in [0.25, 0.3) is 5.91 Å². The minimum absolute atomic E-state index is 0.0330. The molecule has 1 aliphatic heterocycles. The smallest absolute Gasteiger partial charge is 0.337 e. The summed E-state index contributed by atoms with van der Waals surface area (Å²) in [5.74, 6) is -12.2. The molecule has 6 nitrogen and oxygen atoms in total. The first-order valence-electron chi connectivity index (χ1n) is 9.55. The molecule has 0 saturated carbocycles. The Labute approximate surface area is 188 Å². The molecule has 0 bridgehead atoms. The quantitative estimate of drug-likeness (QED) is 0.170. The summed E-state index contributed by atoms with van der Waals surface area (Å²) in [4.78, 5) is 24.3. The van der Waals surface area contributed by atoms with E-state index in [2.05, 4.69) is 9.84 Å². The molecule has 3 aromatic rings. The van der Waals surface area contributed by atoms with Crippen molar-refractivity contribution in [3.05, 3.63) is 82.4 Å². The third-order valence-electron chi connectivity index (χ3n) is 4.96. The number of hydrogen-bond acceptors (Lipinski definition) is 5. The molecule has 0 N–H and O–H groups in total. The Morgan fingerprint density at radius 1 is 0.941 bits per heavy atom. The van der Waals surface area contributed by atoms with Crippen LogP contribution in [0.25, 0.3) is 17.4 Å². The Hall–Kier alpha value is -4.28. The molecule has 2 aromatic carbocycles. The molecule has 0 unspecified atom stereocenters. The van der Waals surface area contributed by atoms with Crippen molar-refractivity contribution in [1.29, 1.82) is 0 Å². The number of halogens is 5. The number of esters is 1. The number of ether oxygens (including phenoxy) is 1. The van der Waals surface area contributed by atoms with E-state index in [0.717, 1.165) is 0 Å². The number of carbonyl (C=O) groups excluding carboxylic acids is 2. The van der Waals surface area contributed by atoms with Gasteiger partial charge >= 0.3 is 5.97 Å². The number of hydrogen-bond donors (Lipinski definition) is 0. The van der Waals surface area contributed by atoms with Gasteiger partial charge in [-0.05, 0) is 37.3 Å². The van der Waals surface area contributed by atoms with Crippen LogP contribution in [0.2, 0.25) is 0 Å². The number of anilines is 1. The molecule has 34 heavy (non-hydrogen) atoms. The second-order valence-electron chi connectivity index (χ2n) is 7.05. The number of rotatable bonds is 4. The SMILES string of the molecule is COC(=O)c1ccc(-c2ccc(/C=C3\C(=O)N(c4c(F)c(F)c(F)c(F)c4F)N=C3C)o2)cc1. The lowest BCUT2D eigenvalue weighted by molar-refractivity contribution is -0.114. The van der Waals surface area contributed by atoms with Gasteiger partial charge in [0.1, 0.15) is 17.2 Å². The van der Waals surface area contributed by atoms with Gasteiger partial charge in [-0.3, -0.25) is 4.79 Å². The summed E-state index contributed by atoms with van der Waals surface area (Å²) in [6, 6.07) is 9.36. The Balaban J connectivity index is 1.64. The molecule has 1 aromatic heterocycles. The first-order chi connectivity index (χ1) is 16.1. The Kier molecular flexibility index (Phi) is 5.78. The van der Waals surface area contributed by atoms with E-state index in [1.54, 1.807) is 18.2 Å². The summed E-state index contributed by atoms with van der Waals surface area (Å²) < 4.78 is 79.1. The van der Waals surface area contributed by atoms with Gasteiger partial charge in [-0.15, -0.1) is 0 Å². The van der Waals surface area contributed by atoms with Crippen LogP contribution in [0.4, 0.5) is 27.6 Å². The fourth-order valence-electron chi connectivity index (χ4n) is 3.23. The fourth-order valence-corrected chi connectivity index (χ4v) is 3.23. The first kappa shape index (κ1) is 22.9. The van der Waals surface area contributed by atoms with Crippen LogP contribution in [0.15, 0.2) is 51.5 Å². The van der Waals surface area contributed by atoms with E-state index in [-0.39, 0.29) is 22.1 Å². The van der Waals surface area contributed by atoms with E-state index >= 15 is 0 Å². The molecule has 0 fully saturated rings. The summed E-state index contributed by atoms with van der Waals surface area (Å²) in [5.41, 5.74) is -0.754. The molecular weight excluding hydrogens is 463 g/mol. The van der Waals surface area contributed by atoms with Crippen LogP contribution in [0.3, 0.4) is 0 Å². The van der Waals surface area contributed by atoms with Crippen molar-refractivity contribution in [2.24, 2.45) is 5.10 Å². The third kappa shape index (κ3) is 3.74. The number of furan rings is 1. The van der Waals surface area contributed by atoms with E-state index in [1.165, 1.54) is 38.3 Å². The predicted molar refractivity (Wildman–Crippen MR) is 110 cm³/mol. The molecule has 0 atom stereocenters. The van der Waals surface area contributed by atoms with Gasteiger partial charge in [0.2, 0.25) is 5.82 Å². The van der Waals surface area contributed by atoms with Gasteiger partial charge < -0.3 is 9.15 Å². The van der Waals surface area contributed by atoms with Gasteiger partial charge in [-0.25, -0.2) is 26.7 Å². The molecule has 174 valence electrons. The minimum Gasteiger partial charge on any atom is -0.465 e. The van der Waals surface area contributed by atoms with E-state index in [0.29, 0.717) is 16.9 Å². The van der Waals surface area contributed by atoms with E-state index in [1.807, 2.05) is 0 Å². The first-order valence-corrected chi connectivity index (χ1v) is 9.55. The van der Waals surface area contributed by atoms with Crippen molar-refractivity contribution in [3.63, 3.8) is 0 Å². The Bertz CT molecular complexity index is 1360. The molecule has 0 spiro atoms. The average Bonchev–Trinajstić information content (AvgIpc) is 3.42. The average molecular weight is 476 g/mol. The maximum absolute atomic E-state index is 14.1. The number of hydrazone groups is 1. The van der Waals surface area contributed by atoms with Gasteiger partial charge in [0.05, 0.1) is 24.0 Å². The van der Waals surface area contributed by atoms with E-state index in [9.17, 15) is 31.5 Å². The zero-order chi connectivity index (χ0) is 24.7. The normalized spacial score (nSPS) is 14.7. The standard InChI is InChI=1S/C23H13F5N2O4/c1-10-14(22(31)30(29-10)21-19(27)17(25)16(24)18(26)20(21)28)9-13-7-8-15(34-13)11-3-5-12(6-4-11)23(32)33-2/h3-9H,1-2H3/b14-9-. The molecular formula is C23H13F5N2O4. The van der Waals surface area contributed by atoms with Crippen LogP contribution in [0.1, 0.15) is 23.0 Å². The molecule has 0 aliphatic carbocycles. The monoisotopic (exact) mass is 476 g/mol. The van der Waals surface area contributed by atoms with Crippen LogP contribution in [0, 0.1) is 29.1 Å². The summed E-state index contributed by atoms with van der Waals surface area (Å²) in [6.45, 7) is 1.32. The largest absolute Gasteiger partial charge is 0.465 e. The second-order valence-corrected chi connectivity index (χ2v) is 7.05. The number of methoxy groups -OCH3 is 1. The minimum atomic E-state index is -2.34. The van der Waals surface area contributed by atoms with Crippen LogP contribution >= 0.6 is 0 Å². The van der Waals surface area contributed by atoms with Gasteiger partial charge in [0, 0.05) is 5.56 Å². The van der Waals surface area contributed by atoms with Crippen molar-refractivity contribution in [2.45, 2.75) is 6.92 Å².